The van der Waals surface area contributed by atoms with Gasteiger partial charge in [0.05, 0.1) is 18.1 Å². The Morgan fingerprint density at radius 2 is 2.13 bits per heavy atom. The molecule has 0 fully saturated rings. The predicted molar refractivity (Wildman–Crippen MR) is 61.1 cm³/mol. The van der Waals surface area contributed by atoms with Crippen molar-refractivity contribution >= 4 is 23.2 Å². The van der Waals surface area contributed by atoms with E-state index in [0.717, 1.165) is 0 Å². The molecule has 0 aliphatic heterocycles. The van der Waals surface area contributed by atoms with Crippen molar-refractivity contribution in [3.8, 4) is 6.07 Å². The third-order valence-electron chi connectivity index (χ3n) is 2.24. The number of nitrogens with zero attached hydrogens (tertiary/aromatic N) is 1. The largest absolute Gasteiger partial charge is 0.391 e. The molecule has 1 rings (SSSR count). The Morgan fingerprint density at radius 1 is 1.47 bits per heavy atom. The number of benzene rings is 1. The van der Waals surface area contributed by atoms with E-state index in [1.807, 2.05) is 6.92 Å². The fourth-order valence-corrected chi connectivity index (χ4v) is 1.88. The molecule has 0 saturated heterocycles. The van der Waals surface area contributed by atoms with E-state index in [1.165, 1.54) is 0 Å². The minimum Gasteiger partial charge on any atom is -0.391 e. The molecule has 0 spiro atoms. The SMILES string of the molecule is CCC(O)C(C#N)c1ccc(Cl)cc1Cl. The van der Waals surface area contributed by atoms with Gasteiger partial charge in [0.25, 0.3) is 0 Å². The van der Waals surface area contributed by atoms with E-state index in [1.54, 1.807) is 18.2 Å². The third kappa shape index (κ3) is 2.85. The van der Waals surface area contributed by atoms with Gasteiger partial charge in [-0.15, -0.1) is 0 Å². The maximum atomic E-state index is 9.65. The molecule has 0 amide bonds. The lowest BCUT2D eigenvalue weighted by Crippen LogP contribution is -2.16. The number of nitriles is 1. The van der Waals surface area contributed by atoms with Gasteiger partial charge in [-0.05, 0) is 24.1 Å². The molecule has 15 heavy (non-hydrogen) atoms. The van der Waals surface area contributed by atoms with Crippen LogP contribution in [-0.2, 0) is 0 Å². The van der Waals surface area contributed by atoms with E-state index < -0.39 is 12.0 Å². The van der Waals surface area contributed by atoms with Gasteiger partial charge < -0.3 is 5.11 Å². The Morgan fingerprint density at radius 3 is 2.60 bits per heavy atom. The first-order valence-corrected chi connectivity index (χ1v) is 5.38. The average molecular weight is 244 g/mol. The van der Waals surface area contributed by atoms with Crippen LogP contribution in [0.3, 0.4) is 0 Å². The predicted octanol–water partition coefficient (Wildman–Crippen LogP) is 3.37. The van der Waals surface area contributed by atoms with Crippen LogP contribution in [-0.4, -0.2) is 11.2 Å². The summed E-state index contributed by atoms with van der Waals surface area (Å²) in [5, 5.41) is 19.6. The lowest BCUT2D eigenvalue weighted by atomic mass is 9.93. The van der Waals surface area contributed by atoms with Crippen molar-refractivity contribution in [3.63, 3.8) is 0 Å². The number of halogens is 2. The van der Waals surface area contributed by atoms with E-state index in [4.69, 9.17) is 28.5 Å². The molecule has 0 radical (unpaired) electrons. The molecule has 2 nitrogen and oxygen atoms in total. The fourth-order valence-electron chi connectivity index (χ4n) is 1.35. The molecule has 1 aromatic carbocycles. The van der Waals surface area contributed by atoms with Gasteiger partial charge in [-0.25, -0.2) is 0 Å². The van der Waals surface area contributed by atoms with Gasteiger partial charge in [0.2, 0.25) is 0 Å². The summed E-state index contributed by atoms with van der Waals surface area (Å²) in [6.07, 6.45) is -0.189. The lowest BCUT2D eigenvalue weighted by molar-refractivity contribution is 0.157. The highest BCUT2D eigenvalue weighted by Crippen LogP contribution is 2.30. The summed E-state index contributed by atoms with van der Waals surface area (Å²) in [4.78, 5) is 0. The van der Waals surface area contributed by atoms with Crippen LogP contribution >= 0.6 is 23.2 Å². The van der Waals surface area contributed by atoms with Crippen molar-refractivity contribution < 1.29 is 5.11 Å². The molecule has 0 aliphatic carbocycles. The van der Waals surface area contributed by atoms with Gasteiger partial charge in [-0.2, -0.15) is 5.26 Å². The molecule has 1 aromatic rings. The van der Waals surface area contributed by atoms with Crippen molar-refractivity contribution in [2.24, 2.45) is 0 Å². The normalized spacial score (nSPS) is 14.3. The summed E-state index contributed by atoms with van der Waals surface area (Å²) >= 11 is 11.7. The van der Waals surface area contributed by atoms with Crippen molar-refractivity contribution in [2.45, 2.75) is 25.4 Å². The summed E-state index contributed by atoms with van der Waals surface area (Å²) in [5.41, 5.74) is 0.623. The van der Waals surface area contributed by atoms with Crippen molar-refractivity contribution in [2.75, 3.05) is 0 Å². The van der Waals surface area contributed by atoms with Gasteiger partial charge >= 0.3 is 0 Å². The number of hydrogen-bond acceptors (Lipinski definition) is 2. The first-order valence-electron chi connectivity index (χ1n) is 4.62. The summed E-state index contributed by atoms with van der Waals surface area (Å²) in [6, 6.07) is 6.97. The summed E-state index contributed by atoms with van der Waals surface area (Å²) in [6.45, 7) is 1.82. The molecule has 0 saturated carbocycles. The highest BCUT2D eigenvalue weighted by Gasteiger charge is 2.21. The minimum absolute atomic E-state index is 0.418. The van der Waals surface area contributed by atoms with E-state index in [0.29, 0.717) is 22.0 Å². The van der Waals surface area contributed by atoms with Crippen LogP contribution in [0.1, 0.15) is 24.8 Å². The molecule has 2 unspecified atom stereocenters. The van der Waals surface area contributed by atoms with Crippen molar-refractivity contribution in [1.82, 2.24) is 0 Å². The zero-order valence-electron chi connectivity index (χ0n) is 8.24. The van der Waals surface area contributed by atoms with Crippen molar-refractivity contribution in [1.29, 1.82) is 5.26 Å². The van der Waals surface area contributed by atoms with Gasteiger partial charge in [-0.3, -0.25) is 0 Å². The molecule has 1 N–H and O–H groups in total. The smallest absolute Gasteiger partial charge is 0.0985 e. The number of aliphatic hydroxyl groups is 1. The number of aliphatic hydroxyl groups excluding tert-OH is 1. The Labute approximate surface area is 99.0 Å². The zero-order chi connectivity index (χ0) is 11.4. The third-order valence-corrected chi connectivity index (χ3v) is 2.80. The van der Waals surface area contributed by atoms with Gasteiger partial charge in [0, 0.05) is 10.0 Å². The quantitative estimate of drug-likeness (QED) is 0.885. The van der Waals surface area contributed by atoms with Crippen LogP contribution in [0.4, 0.5) is 0 Å². The number of rotatable bonds is 3. The van der Waals surface area contributed by atoms with E-state index in [2.05, 4.69) is 6.07 Å². The molecule has 0 aromatic heterocycles. The molecular weight excluding hydrogens is 233 g/mol. The molecular formula is C11H11Cl2NO. The van der Waals surface area contributed by atoms with Gasteiger partial charge in [0.1, 0.15) is 0 Å². The second kappa shape index (κ2) is 5.37. The van der Waals surface area contributed by atoms with Crippen LogP contribution in [0.5, 0.6) is 0 Å². The maximum Gasteiger partial charge on any atom is 0.0985 e. The minimum atomic E-state index is -0.700. The monoisotopic (exact) mass is 243 g/mol. The van der Waals surface area contributed by atoms with Gasteiger partial charge in [-0.1, -0.05) is 36.2 Å². The Kier molecular flexibility index (Phi) is 4.41. The topological polar surface area (TPSA) is 44.0 Å². The second-order valence-corrected chi connectivity index (χ2v) is 4.09. The molecule has 0 bridgehead atoms. The summed E-state index contributed by atoms with van der Waals surface area (Å²) < 4.78 is 0. The van der Waals surface area contributed by atoms with E-state index in [9.17, 15) is 5.11 Å². The van der Waals surface area contributed by atoms with Gasteiger partial charge in [0.15, 0.2) is 0 Å². The van der Waals surface area contributed by atoms with Crippen LogP contribution in [0.15, 0.2) is 18.2 Å². The average Bonchev–Trinajstić information content (AvgIpc) is 2.21. The highest BCUT2D eigenvalue weighted by atomic mass is 35.5. The Hall–Kier alpha value is -0.750. The molecule has 2 atom stereocenters. The first-order chi connectivity index (χ1) is 7.10. The van der Waals surface area contributed by atoms with E-state index >= 15 is 0 Å². The fraction of sp³-hybridized carbons (Fsp3) is 0.364. The summed E-state index contributed by atoms with van der Waals surface area (Å²) in [5.74, 6) is -0.597. The lowest BCUT2D eigenvalue weighted by Gasteiger charge is -2.16. The molecule has 0 heterocycles. The van der Waals surface area contributed by atoms with Crippen LogP contribution < -0.4 is 0 Å². The maximum absolute atomic E-state index is 9.65. The standard InChI is InChI=1S/C11H11Cl2NO/c1-2-11(15)9(6-14)8-4-3-7(12)5-10(8)13/h3-5,9,11,15H,2H2,1H3. The Bertz CT molecular complexity index is 387. The Balaban J connectivity index is 3.09. The van der Waals surface area contributed by atoms with Crippen LogP contribution in [0.2, 0.25) is 10.0 Å². The van der Waals surface area contributed by atoms with E-state index in [-0.39, 0.29) is 0 Å². The van der Waals surface area contributed by atoms with Crippen LogP contribution in [0.25, 0.3) is 0 Å². The summed E-state index contributed by atoms with van der Waals surface area (Å²) in [7, 11) is 0. The highest BCUT2D eigenvalue weighted by molar-refractivity contribution is 6.35. The molecule has 0 aliphatic rings. The molecule has 4 heteroatoms. The zero-order valence-corrected chi connectivity index (χ0v) is 9.76. The second-order valence-electron chi connectivity index (χ2n) is 3.25. The van der Waals surface area contributed by atoms with Crippen molar-refractivity contribution in [3.05, 3.63) is 33.8 Å². The number of hydrogen-bond donors (Lipinski definition) is 1. The molecule has 80 valence electrons. The van der Waals surface area contributed by atoms with Crippen LogP contribution in [0, 0.1) is 11.3 Å². The first kappa shape index (κ1) is 12.3.